The molecule has 10 heteroatoms. The molecule has 0 aliphatic heterocycles. The van der Waals surface area contributed by atoms with Crippen LogP contribution >= 0.6 is 23.1 Å². The van der Waals surface area contributed by atoms with Gasteiger partial charge in [-0.25, -0.2) is 14.6 Å². The van der Waals surface area contributed by atoms with Crippen molar-refractivity contribution in [2.45, 2.75) is 26.1 Å². The van der Waals surface area contributed by atoms with E-state index in [4.69, 9.17) is 0 Å². The fourth-order valence-electron chi connectivity index (χ4n) is 3.00. The second-order valence-electron chi connectivity index (χ2n) is 6.81. The van der Waals surface area contributed by atoms with Crippen LogP contribution in [-0.2, 0) is 17.1 Å². The number of benzene rings is 1. The SMILES string of the molecule is Cc1sc2nc(CSCC(=O)Nc3ccc(Cn4cncn4)cc3)[nH]c(=O)c2c1C. The predicted octanol–water partition coefficient (Wildman–Crippen LogP) is 3.11. The topological polar surface area (TPSA) is 106 Å². The molecular weight excluding hydrogens is 420 g/mol. The van der Waals surface area contributed by atoms with Gasteiger partial charge in [-0.3, -0.25) is 9.59 Å². The first kappa shape index (κ1) is 20.3. The van der Waals surface area contributed by atoms with Crippen molar-refractivity contribution >= 4 is 44.9 Å². The summed E-state index contributed by atoms with van der Waals surface area (Å²) in [5.41, 5.74) is 2.67. The molecule has 0 aliphatic rings. The fraction of sp³-hybridized carbons (Fsp3) is 0.250. The van der Waals surface area contributed by atoms with E-state index in [1.54, 1.807) is 11.0 Å². The number of aryl methyl sites for hydroxylation is 2. The molecule has 0 saturated heterocycles. The molecule has 4 aromatic rings. The summed E-state index contributed by atoms with van der Waals surface area (Å²) in [4.78, 5) is 37.7. The second kappa shape index (κ2) is 8.80. The number of amides is 1. The Morgan fingerprint density at radius 2 is 2.07 bits per heavy atom. The summed E-state index contributed by atoms with van der Waals surface area (Å²) in [6, 6.07) is 7.62. The van der Waals surface area contributed by atoms with Crippen molar-refractivity contribution in [3.63, 3.8) is 0 Å². The normalized spacial score (nSPS) is 11.1. The zero-order chi connectivity index (χ0) is 21.1. The Morgan fingerprint density at radius 1 is 1.27 bits per heavy atom. The lowest BCUT2D eigenvalue weighted by atomic mass is 10.2. The van der Waals surface area contributed by atoms with Crippen LogP contribution in [0.1, 0.15) is 21.8 Å². The quantitative estimate of drug-likeness (QED) is 0.457. The van der Waals surface area contributed by atoms with Gasteiger partial charge in [0.05, 0.1) is 23.4 Å². The number of fused-ring (bicyclic) bond motifs is 1. The Morgan fingerprint density at radius 3 is 2.80 bits per heavy atom. The smallest absolute Gasteiger partial charge is 0.259 e. The summed E-state index contributed by atoms with van der Waals surface area (Å²) in [6.07, 6.45) is 3.16. The number of nitrogens with one attached hydrogen (secondary N) is 2. The molecule has 0 saturated carbocycles. The van der Waals surface area contributed by atoms with E-state index in [1.165, 1.54) is 29.4 Å². The maximum Gasteiger partial charge on any atom is 0.259 e. The van der Waals surface area contributed by atoms with Crippen molar-refractivity contribution in [3.05, 3.63) is 69.1 Å². The summed E-state index contributed by atoms with van der Waals surface area (Å²) in [7, 11) is 0. The Balaban J connectivity index is 1.30. The highest BCUT2D eigenvalue weighted by Gasteiger charge is 2.12. The monoisotopic (exact) mass is 440 g/mol. The highest BCUT2D eigenvalue weighted by molar-refractivity contribution is 7.99. The fourth-order valence-corrected chi connectivity index (χ4v) is 4.74. The number of thioether (sulfide) groups is 1. The van der Waals surface area contributed by atoms with E-state index >= 15 is 0 Å². The van der Waals surface area contributed by atoms with Crippen molar-refractivity contribution in [1.82, 2.24) is 24.7 Å². The molecule has 154 valence electrons. The van der Waals surface area contributed by atoms with Crippen LogP contribution < -0.4 is 10.9 Å². The molecule has 2 N–H and O–H groups in total. The summed E-state index contributed by atoms with van der Waals surface area (Å²) < 4.78 is 1.73. The van der Waals surface area contributed by atoms with Crippen molar-refractivity contribution < 1.29 is 4.79 Å². The van der Waals surface area contributed by atoms with Crippen LogP contribution in [0.5, 0.6) is 0 Å². The van der Waals surface area contributed by atoms with Gasteiger partial charge in [0.15, 0.2) is 0 Å². The average Bonchev–Trinajstić information content (AvgIpc) is 3.31. The number of nitrogens with zero attached hydrogens (tertiary/aromatic N) is 4. The minimum Gasteiger partial charge on any atom is -0.325 e. The molecule has 3 aromatic heterocycles. The number of hydrogen-bond acceptors (Lipinski definition) is 7. The number of anilines is 1. The first-order chi connectivity index (χ1) is 14.5. The Labute approximate surface area is 180 Å². The number of carbonyl (C=O) groups excluding carboxylic acids is 1. The zero-order valence-corrected chi connectivity index (χ0v) is 18.1. The van der Waals surface area contributed by atoms with E-state index in [0.29, 0.717) is 23.5 Å². The van der Waals surface area contributed by atoms with Crippen LogP contribution in [0.4, 0.5) is 5.69 Å². The van der Waals surface area contributed by atoms with Gasteiger partial charge in [-0.15, -0.1) is 23.1 Å². The highest BCUT2D eigenvalue weighted by atomic mass is 32.2. The number of H-pyrrole nitrogens is 1. The van der Waals surface area contributed by atoms with Crippen molar-refractivity contribution in [2.24, 2.45) is 0 Å². The van der Waals surface area contributed by atoms with E-state index in [1.807, 2.05) is 38.1 Å². The van der Waals surface area contributed by atoms with Gasteiger partial charge in [0, 0.05) is 10.6 Å². The van der Waals surface area contributed by atoms with Gasteiger partial charge in [-0.2, -0.15) is 5.10 Å². The predicted molar refractivity (Wildman–Crippen MR) is 120 cm³/mol. The molecule has 4 rings (SSSR count). The molecule has 3 heterocycles. The Kier molecular flexibility index (Phi) is 5.96. The van der Waals surface area contributed by atoms with E-state index in [9.17, 15) is 9.59 Å². The van der Waals surface area contributed by atoms with Crippen molar-refractivity contribution in [1.29, 1.82) is 0 Å². The minimum absolute atomic E-state index is 0.102. The van der Waals surface area contributed by atoms with E-state index in [-0.39, 0.29) is 17.2 Å². The van der Waals surface area contributed by atoms with Crippen LogP contribution in [0.15, 0.2) is 41.7 Å². The van der Waals surface area contributed by atoms with Gasteiger partial charge in [0.2, 0.25) is 5.91 Å². The summed E-state index contributed by atoms with van der Waals surface area (Å²) in [6.45, 7) is 4.55. The highest BCUT2D eigenvalue weighted by Crippen LogP contribution is 2.26. The molecule has 0 radical (unpaired) electrons. The van der Waals surface area contributed by atoms with Crippen LogP contribution in [0.3, 0.4) is 0 Å². The largest absolute Gasteiger partial charge is 0.325 e. The van der Waals surface area contributed by atoms with Gasteiger partial charge >= 0.3 is 0 Å². The molecule has 0 unspecified atom stereocenters. The van der Waals surface area contributed by atoms with Crippen LogP contribution in [0.2, 0.25) is 0 Å². The summed E-state index contributed by atoms with van der Waals surface area (Å²) in [5.74, 6) is 1.22. The molecule has 1 aromatic carbocycles. The lowest BCUT2D eigenvalue weighted by Gasteiger charge is -2.07. The molecule has 0 spiro atoms. The number of hydrogen-bond donors (Lipinski definition) is 2. The van der Waals surface area contributed by atoms with Gasteiger partial charge in [-0.1, -0.05) is 12.1 Å². The molecule has 30 heavy (non-hydrogen) atoms. The molecule has 8 nitrogen and oxygen atoms in total. The van der Waals surface area contributed by atoms with Crippen LogP contribution in [0.25, 0.3) is 10.2 Å². The van der Waals surface area contributed by atoms with Gasteiger partial charge in [0.1, 0.15) is 23.3 Å². The van der Waals surface area contributed by atoms with E-state index in [0.717, 1.165) is 26.5 Å². The molecule has 0 fully saturated rings. The lowest BCUT2D eigenvalue weighted by molar-refractivity contribution is -0.113. The maximum atomic E-state index is 12.3. The molecular formula is C20H20N6O2S2. The molecule has 1 amide bonds. The third-order valence-electron chi connectivity index (χ3n) is 4.61. The van der Waals surface area contributed by atoms with Crippen LogP contribution in [0, 0.1) is 13.8 Å². The third kappa shape index (κ3) is 4.60. The number of rotatable bonds is 7. The lowest BCUT2D eigenvalue weighted by Crippen LogP contribution is -2.15. The maximum absolute atomic E-state index is 12.3. The van der Waals surface area contributed by atoms with Crippen molar-refractivity contribution in [3.8, 4) is 0 Å². The number of aromatic amines is 1. The number of carbonyl (C=O) groups is 1. The molecule has 0 atom stereocenters. The van der Waals surface area contributed by atoms with Gasteiger partial charge < -0.3 is 10.3 Å². The van der Waals surface area contributed by atoms with E-state index < -0.39 is 0 Å². The summed E-state index contributed by atoms with van der Waals surface area (Å²) >= 11 is 2.93. The summed E-state index contributed by atoms with van der Waals surface area (Å²) in [5, 5.41) is 7.62. The number of thiophene rings is 1. The van der Waals surface area contributed by atoms with Crippen molar-refractivity contribution in [2.75, 3.05) is 11.1 Å². The first-order valence-corrected chi connectivity index (χ1v) is 11.2. The van der Waals surface area contributed by atoms with Crippen LogP contribution in [-0.4, -0.2) is 36.4 Å². The van der Waals surface area contributed by atoms with Gasteiger partial charge in [0.25, 0.3) is 5.56 Å². The Hall–Kier alpha value is -2.98. The minimum atomic E-state index is -0.118. The molecule has 0 bridgehead atoms. The standard InChI is InChI=1S/C20H20N6O2S2/c1-12-13(2)30-20-18(12)19(28)24-16(25-20)8-29-9-17(27)23-15-5-3-14(4-6-15)7-26-11-21-10-22-26/h3-6,10-11H,7-9H2,1-2H3,(H,23,27)(H,24,25,28). The Bertz CT molecular complexity index is 1230. The third-order valence-corrected chi connectivity index (χ3v) is 6.65. The average molecular weight is 441 g/mol. The zero-order valence-electron chi connectivity index (χ0n) is 16.5. The first-order valence-electron chi connectivity index (χ1n) is 9.27. The van der Waals surface area contributed by atoms with E-state index in [2.05, 4.69) is 25.4 Å². The second-order valence-corrected chi connectivity index (χ2v) is 9.00. The molecule has 0 aliphatic carbocycles. The number of aromatic nitrogens is 5. The van der Waals surface area contributed by atoms with Gasteiger partial charge in [-0.05, 0) is 37.1 Å².